The van der Waals surface area contributed by atoms with Crippen LogP contribution in [-0.2, 0) is 6.42 Å². The van der Waals surface area contributed by atoms with Crippen molar-refractivity contribution in [2.24, 2.45) is 11.8 Å². The van der Waals surface area contributed by atoms with Gasteiger partial charge in [0.05, 0.1) is 0 Å². The Bertz CT molecular complexity index is 584. The third-order valence-corrected chi connectivity index (χ3v) is 4.41. The maximum atomic E-state index is 12.1. The molecule has 1 unspecified atom stereocenters. The summed E-state index contributed by atoms with van der Waals surface area (Å²) in [4.78, 5) is 24.0. The minimum absolute atomic E-state index is 0.133. The fraction of sp³-hybridized carbons (Fsp3) is 0.579. The van der Waals surface area contributed by atoms with Crippen LogP contribution in [0.2, 0.25) is 0 Å². The van der Waals surface area contributed by atoms with Crippen molar-refractivity contribution >= 4 is 17.5 Å². The Hall–Kier alpha value is -1.88. The Morgan fingerprint density at radius 1 is 1.29 bits per heavy atom. The highest BCUT2D eigenvalue weighted by Crippen LogP contribution is 2.24. The van der Waals surface area contributed by atoms with Crippen LogP contribution in [0, 0.1) is 11.8 Å². The maximum Gasteiger partial charge on any atom is 0.319 e. The van der Waals surface area contributed by atoms with Crippen molar-refractivity contribution in [3.8, 4) is 0 Å². The number of aryl methyl sites for hydroxylation is 1. The number of aliphatic hydroxyl groups is 1. The molecular weight excluding hydrogens is 304 g/mol. The van der Waals surface area contributed by atoms with E-state index in [1.54, 1.807) is 6.07 Å². The zero-order valence-corrected chi connectivity index (χ0v) is 14.6. The lowest BCUT2D eigenvalue weighted by atomic mass is 9.90. The zero-order valence-electron chi connectivity index (χ0n) is 14.6. The molecule has 0 heterocycles. The topological polar surface area (TPSA) is 78.4 Å². The number of rotatable bonds is 7. The van der Waals surface area contributed by atoms with Crippen LogP contribution in [0.25, 0.3) is 0 Å². The molecule has 132 valence electrons. The summed E-state index contributed by atoms with van der Waals surface area (Å²) >= 11 is 0. The number of hydrogen-bond donors (Lipinski definition) is 3. The van der Waals surface area contributed by atoms with Gasteiger partial charge in [-0.05, 0) is 55.2 Å². The van der Waals surface area contributed by atoms with Gasteiger partial charge in [-0.1, -0.05) is 19.9 Å². The average Bonchev–Trinajstić information content (AvgIpc) is 2.53. The molecular formula is C19H28N2O3. The molecule has 0 aliphatic heterocycles. The predicted octanol–water partition coefficient (Wildman–Crippen LogP) is 3.37. The largest absolute Gasteiger partial charge is 0.396 e. The van der Waals surface area contributed by atoms with Crippen LogP contribution in [-0.4, -0.2) is 30.1 Å². The molecule has 0 radical (unpaired) electrons. The molecule has 0 spiro atoms. The van der Waals surface area contributed by atoms with E-state index < -0.39 is 0 Å². The molecule has 5 heteroatoms. The molecule has 1 atom stereocenters. The van der Waals surface area contributed by atoms with Crippen LogP contribution in [0.15, 0.2) is 18.2 Å². The molecule has 0 aromatic heterocycles. The van der Waals surface area contributed by atoms with E-state index in [1.807, 2.05) is 12.1 Å². The summed E-state index contributed by atoms with van der Waals surface area (Å²) in [7, 11) is 0. The smallest absolute Gasteiger partial charge is 0.319 e. The number of ketones is 1. The van der Waals surface area contributed by atoms with Crippen LogP contribution in [0.1, 0.15) is 55.5 Å². The first-order chi connectivity index (χ1) is 11.5. The summed E-state index contributed by atoms with van der Waals surface area (Å²) in [6, 6.07) is 5.27. The van der Waals surface area contributed by atoms with E-state index in [9.17, 15) is 9.59 Å². The van der Waals surface area contributed by atoms with Gasteiger partial charge in [-0.3, -0.25) is 4.79 Å². The van der Waals surface area contributed by atoms with E-state index in [4.69, 9.17) is 5.11 Å². The highest BCUT2D eigenvalue weighted by Gasteiger charge is 2.18. The van der Waals surface area contributed by atoms with E-state index in [2.05, 4.69) is 24.5 Å². The van der Waals surface area contributed by atoms with Crippen LogP contribution >= 0.6 is 0 Å². The first-order valence-corrected chi connectivity index (χ1v) is 8.81. The molecule has 5 nitrogen and oxygen atoms in total. The van der Waals surface area contributed by atoms with E-state index in [0.29, 0.717) is 31.0 Å². The minimum Gasteiger partial charge on any atom is -0.396 e. The number of benzene rings is 1. The van der Waals surface area contributed by atoms with Crippen molar-refractivity contribution in [2.45, 2.75) is 46.0 Å². The Morgan fingerprint density at radius 2 is 2.08 bits per heavy atom. The SMILES string of the molecule is CC(C)CC(CCO)CNC(=O)Nc1ccc2c(c1)C(=O)CCC2. The molecule has 24 heavy (non-hydrogen) atoms. The van der Waals surface area contributed by atoms with Gasteiger partial charge in [0.2, 0.25) is 0 Å². The number of Topliss-reactive ketones (excluding diaryl/α,β-unsaturated/α-hetero) is 1. The van der Waals surface area contributed by atoms with E-state index in [0.717, 1.165) is 30.4 Å². The van der Waals surface area contributed by atoms with Crippen molar-refractivity contribution < 1.29 is 14.7 Å². The third-order valence-electron chi connectivity index (χ3n) is 4.41. The molecule has 0 saturated carbocycles. The number of urea groups is 1. The van der Waals surface area contributed by atoms with Crippen LogP contribution in [0.4, 0.5) is 10.5 Å². The molecule has 2 rings (SSSR count). The van der Waals surface area contributed by atoms with Gasteiger partial charge >= 0.3 is 6.03 Å². The number of carbonyl (C=O) groups excluding carboxylic acids is 2. The lowest BCUT2D eigenvalue weighted by Crippen LogP contribution is -2.34. The molecule has 2 amide bonds. The molecule has 1 aliphatic carbocycles. The lowest BCUT2D eigenvalue weighted by molar-refractivity contribution is 0.0972. The Balaban J connectivity index is 1.90. The molecule has 1 aromatic rings. The van der Waals surface area contributed by atoms with E-state index in [-0.39, 0.29) is 24.3 Å². The van der Waals surface area contributed by atoms with Crippen molar-refractivity contribution in [1.82, 2.24) is 5.32 Å². The monoisotopic (exact) mass is 332 g/mol. The number of anilines is 1. The van der Waals surface area contributed by atoms with Gasteiger partial charge in [0.1, 0.15) is 0 Å². The zero-order chi connectivity index (χ0) is 17.5. The summed E-state index contributed by atoms with van der Waals surface area (Å²) in [5, 5.41) is 14.8. The van der Waals surface area contributed by atoms with Crippen molar-refractivity contribution in [2.75, 3.05) is 18.5 Å². The number of fused-ring (bicyclic) bond motifs is 1. The second kappa shape index (κ2) is 8.83. The molecule has 0 saturated heterocycles. The van der Waals surface area contributed by atoms with Gasteiger partial charge in [0.15, 0.2) is 5.78 Å². The first kappa shape index (κ1) is 18.5. The predicted molar refractivity (Wildman–Crippen MR) is 95.4 cm³/mol. The molecule has 3 N–H and O–H groups in total. The standard InChI is InChI=1S/C19H28N2O3/c1-13(2)10-14(8-9-22)12-20-19(24)21-16-7-6-15-4-3-5-18(23)17(15)11-16/h6-7,11,13-14,22H,3-5,8-10,12H2,1-2H3,(H2,20,21,24). The number of amides is 2. The second-order valence-electron chi connectivity index (χ2n) is 6.99. The molecule has 0 bridgehead atoms. The second-order valence-corrected chi connectivity index (χ2v) is 6.99. The van der Waals surface area contributed by atoms with Gasteiger partial charge in [-0.2, -0.15) is 0 Å². The van der Waals surface area contributed by atoms with Crippen molar-refractivity contribution in [3.05, 3.63) is 29.3 Å². The van der Waals surface area contributed by atoms with E-state index >= 15 is 0 Å². The summed E-state index contributed by atoms with van der Waals surface area (Å²) in [6.45, 7) is 4.94. The lowest BCUT2D eigenvalue weighted by Gasteiger charge is -2.19. The molecule has 1 aliphatic rings. The minimum atomic E-state index is -0.273. The third kappa shape index (κ3) is 5.34. The highest BCUT2D eigenvalue weighted by molar-refractivity contribution is 6.00. The summed E-state index contributed by atoms with van der Waals surface area (Å²) in [6.07, 6.45) is 4.06. The van der Waals surface area contributed by atoms with Gasteiger partial charge in [-0.25, -0.2) is 4.79 Å². The highest BCUT2D eigenvalue weighted by atomic mass is 16.3. The van der Waals surface area contributed by atoms with Gasteiger partial charge in [0.25, 0.3) is 0 Å². The number of hydrogen-bond acceptors (Lipinski definition) is 3. The normalized spacial score (nSPS) is 15.1. The average molecular weight is 332 g/mol. The quantitative estimate of drug-likeness (QED) is 0.716. The fourth-order valence-corrected chi connectivity index (χ4v) is 3.27. The Labute approximate surface area is 143 Å². The first-order valence-electron chi connectivity index (χ1n) is 8.81. The van der Waals surface area contributed by atoms with E-state index in [1.165, 1.54) is 0 Å². The van der Waals surface area contributed by atoms with Crippen LogP contribution < -0.4 is 10.6 Å². The van der Waals surface area contributed by atoms with Crippen molar-refractivity contribution in [3.63, 3.8) is 0 Å². The van der Waals surface area contributed by atoms with Crippen molar-refractivity contribution in [1.29, 1.82) is 0 Å². The number of carbonyl (C=O) groups is 2. The number of nitrogens with one attached hydrogen (secondary N) is 2. The van der Waals surface area contributed by atoms with Crippen LogP contribution in [0.3, 0.4) is 0 Å². The van der Waals surface area contributed by atoms with Gasteiger partial charge in [-0.15, -0.1) is 0 Å². The van der Waals surface area contributed by atoms with Gasteiger partial charge in [0, 0.05) is 30.8 Å². The number of aliphatic hydroxyl groups excluding tert-OH is 1. The summed E-state index contributed by atoms with van der Waals surface area (Å²) < 4.78 is 0. The summed E-state index contributed by atoms with van der Waals surface area (Å²) in [5.74, 6) is 0.948. The fourth-order valence-electron chi connectivity index (χ4n) is 3.27. The maximum absolute atomic E-state index is 12.1. The Kier molecular flexibility index (Phi) is 6.79. The summed E-state index contributed by atoms with van der Waals surface area (Å²) in [5.41, 5.74) is 2.44. The van der Waals surface area contributed by atoms with Crippen LogP contribution in [0.5, 0.6) is 0 Å². The van der Waals surface area contributed by atoms with Gasteiger partial charge < -0.3 is 15.7 Å². The Morgan fingerprint density at radius 3 is 2.79 bits per heavy atom. The molecule has 0 fully saturated rings. The molecule has 1 aromatic carbocycles.